The number of carbonyl (C=O) groups excluding carboxylic acids is 1. The van der Waals surface area contributed by atoms with Crippen molar-refractivity contribution in [1.82, 2.24) is 5.32 Å². The zero-order chi connectivity index (χ0) is 11.3. The molecule has 0 fully saturated rings. The van der Waals surface area contributed by atoms with Gasteiger partial charge in [0.2, 0.25) is 0 Å². The number of Topliss-reactive ketones (excluding diaryl/α,β-unsaturated/α-hetero) is 1. The molecule has 0 aliphatic carbocycles. The maximum Gasteiger partial charge on any atom is 0.176 e. The van der Waals surface area contributed by atoms with E-state index in [9.17, 15) is 9.18 Å². The molecule has 3 heteroatoms. The van der Waals surface area contributed by atoms with Crippen LogP contribution in [0.4, 0.5) is 4.39 Å². The van der Waals surface area contributed by atoms with Gasteiger partial charge in [0.25, 0.3) is 0 Å². The fourth-order valence-corrected chi connectivity index (χ4v) is 1.53. The summed E-state index contributed by atoms with van der Waals surface area (Å²) >= 11 is 0. The third kappa shape index (κ3) is 3.44. The van der Waals surface area contributed by atoms with Crippen LogP contribution in [0.25, 0.3) is 0 Å². The van der Waals surface area contributed by atoms with Crippen LogP contribution in [0.3, 0.4) is 0 Å². The largest absolute Gasteiger partial charge is 0.313 e. The molecule has 0 aliphatic rings. The minimum absolute atomic E-state index is 0.00810. The van der Waals surface area contributed by atoms with E-state index < -0.39 is 6.17 Å². The number of hydrogen-bond acceptors (Lipinski definition) is 2. The Labute approximate surface area is 89.5 Å². The Morgan fingerprint density at radius 2 is 2.13 bits per heavy atom. The summed E-state index contributed by atoms with van der Waals surface area (Å²) in [6.07, 6.45) is -0.625. The fraction of sp³-hybridized carbons (Fsp3) is 0.417. The summed E-state index contributed by atoms with van der Waals surface area (Å²) in [6.45, 7) is 1.79. The Morgan fingerprint density at radius 1 is 1.47 bits per heavy atom. The number of benzene rings is 1. The molecule has 1 N–H and O–H groups in total. The van der Waals surface area contributed by atoms with Crippen molar-refractivity contribution in [3.8, 4) is 0 Å². The van der Waals surface area contributed by atoms with E-state index in [1.165, 1.54) is 6.92 Å². The Hall–Kier alpha value is -1.22. The van der Waals surface area contributed by atoms with Gasteiger partial charge in [-0.05, 0) is 19.5 Å². The molecule has 1 aromatic rings. The van der Waals surface area contributed by atoms with Crippen molar-refractivity contribution >= 4 is 5.78 Å². The zero-order valence-corrected chi connectivity index (χ0v) is 9.09. The lowest BCUT2D eigenvalue weighted by molar-refractivity contribution is 0.0992. The van der Waals surface area contributed by atoms with Crippen molar-refractivity contribution in [2.24, 2.45) is 0 Å². The summed E-state index contributed by atoms with van der Waals surface area (Å²) in [6, 6.07) is 7.18. The Kier molecular flexibility index (Phi) is 4.43. The number of carbonyl (C=O) groups is 1. The molecule has 2 nitrogen and oxygen atoms in total. The SMILES string of the molecule is CNCC(=O)c1ccccc1CC(C)F. The second kappa shape index (κ2) is 5.61. The van der Waals surface area contributed by atoms with E-state index in [0.717, 1.165) is 5.56 Å². The Morgan fingerprint density at radius 3 is 2.73 bits per heavy atom. The summed E-state index contributed by atoms with van der Waals surface area (Å²) in [5.41, 5.74) is 1.41. The molecule has 0 aromatic heterocycles. The molecule has 1 aromatic carbocycles. The molecule has 0 bridgehead atoms. The number of halogens is 1. The lowest BCUT2D eigenvalue weighted by atomic mass is 9.99. The predicted molar refractivity (Wildman–Crippen MR) is 59.0 cm³/mol. The third-order valence-electron chi connectivity index (χ3n) is 2.16. The molecule has 1 unspecified atom stereocenters. The first-order valence-electron chi connectivity index (χ1n) is 5.05. The molecule has 0 spiro atoms. The highest BCUT2D eigenvalue weighted by atomic mass is 19.1. The van der Waals surface area contributed by atoms with Gasteiger partial charge >= 0.3 is 0 Å². The number of likely N-dealkylation sites (N-methyl/N-ethyl adjacent to an activating group) is 1. The van der Waals surface area contributed by atoms with Gasteiger partial charge in [0.1, 0.15) is 6.17 Å². The molecule has 15 heavy (non-hydrogen) atoms. The lowest BCUT2D eigenvalue weighted by Gasteiger charge is -2.08. The summed E-state index contributed by atoms with van der Waals surface area (Å²) in [5, 5.41) is 2.80. The van der Waals surface area contributed by atoms with Crippen LogP contribution in [0, 0.1) is 0 Å². The normalized spacial score (nSPS) is 12.5. The van der Waals surface area contributed by atoms with Crippen LogP contribution in [-0.4, -0.2) is 25.5 Å². The third-order valence-corrected chi connectivity index (χ3v) is 2.16. The van der Waals surface area contributed by atoms with Crippen molar-refractivity contribution in [1.29, 1.82) is 0 Å². The molecule has 0 saturated carbocycles. The van der Waals surface area contributed by atoms with Crippen LogP contribution in [0.2, 0.25) is 0 Å². The first kappa shape index (κ1) is 11.9. The average molecular weight is 209 g/mol. The quantitative estimate of drug-likeness (QED) is 0.751. The van der Waals surface area contributed by atoms with Crippen LogP contribution in [0.1, 0.15) is 22.8 Å². The smallest absolute Gasteiger partial charge is 0.176 e. The van der Waals surface area contributed by atoms with Gasteiger partial charge < -0.3 is 5.32 Å². The number of hydrogen-bond donors (Lipinski definition) is 1. The Bertz CT molecular complexity index is 336. The monoisotopic (exact) mass is 209 g/mol. The van der Waals surface area contributed by atoms with Gasteiger partial charge in [0.05, 0.1) is 6.54 Å². The first-order valence-corrected chi connectivity index (χ1v) is 5.05. The molecule has 0 aliphatic heterocycles. The van der Waals surface area contributed by atoms with Crippen molar-refractivity contribution in [2.45, 2.75) is 19.5 Å². The van der Waals surface area contributed by atoms with E-state index in [4.69, 9.17) is 0 Å². The van der Waals surface area contributed by atoms with E-state index in [1.807, 2.05) is 6.07 Å². The van der Waals surface area contributed by atoms with Gasteiger partial charge in [-0.25, -0.2) is 4.39 Å². The summed E-state index contributed by atoms with van der Waals surface area (Å²) in [7, 11) is 1.72. The number of ketones is 1. The van der Waals surface area contributed by atoms with E-state index in [0.29, 0.717) is 12.0 Å². The molecule has 0 saturated heterocycles. The van der Waals surface area contributed by atoms with Crippen LogP contribution < -0.4 is 5.32 Å². The number of alkyl halides is 1. The van der Waals surface area contributed by atoms with E-state index in [1.54, 1.807) is 25.2 Å². The maximum atomic E-state index is 12.9. The van der Waals surface area contributed by atoms with Crippen LogP contribution in [-0.2, 0) is 6.42 Å². The van der Waals surface area contributed by atoms with Gasteiger partial charge in [0.15, 0.2) is 5.78 Å². The summed E-state index contributed by atoms with van der Waals surface area (Å²) in [5.74, 6) is 0.00810. The highest BCUT2D eigenvalue weighted by Gasteiger charge is 2.11. The van der Waals surface area contributed by atoms with E-state index in [2.05, 4.69) is 5.32 Å². The van der Waals surface area contributed by atoms with Crippen molar-refractivity contribution in [3.63, 3.8) is 0 Å². The van der Waals surface area contributed by atoms with Gasteiger partial charge in [0, 0.05) is 12.0 Å². The topological polar surface area (TPSA) is 29.1 Å². The number of rotatable bonds is 5. The highest BCUT2D eigenvalue weighted by molar-refractivity contribution is 5.98. The molecular weight excluding hydrogens is 193 g/mol. The van der Waals surface area contributed by atoms with Crippen molar-refractivity contribution < 1.29 is 9.18 Å². The molecule has 1 atom stereocenters. The lowest BCUT2D eigenvalue weighted by Crippen LogP contribution is -2.20. The fourth-order valence-electron chi connectivity index (χ4n) is 1.53. The molecule has 1 rings (SSSR count). The minimum atomic E-state index is -0.923. The molecular formula is C12H16FNO. The number of nitrogens with one attached hydrogen (secondary N) is 1. The van der Waals surface area contributed by atoms with Crippen LogP contribution in [0.5, 0.6) is 0 Å². The molecule has 0 radical (unpaired) electrons. The highest BCUT2D eigenvalue weighted by Crippen LogP contribution is 2.13. The minimum Gasteiger partial charge on any atom is -0.313 e. The second-order valence-corrected chi connectivity index (χ2v) is 3.60. The zero-order valence-electron chi connectivity index (χ0n) is 9.09. The second-order valence-electron chi connectivity index (χ2n) is 3.60. The molecule has 0 amide bonds. The van der Waals surface area contributed by atoms with E-state index in [-0.39, 0.29) is 12.3 Å². The summed E-state index contributed by atoms with van der Waals surface area (Å²) < 4.78 is 12.9. The molecule has 0 heterocycles. The van der Waals surface area contributed by atoms with Crippen LogP contribution >= 0.6 is 0 Å². The molecule has 82 valence electrons. The first-order chi connectivity index (χ1) is 7.15. The van der Waals surface area contributed by atoms with E-state index >= 15 is 0 Å². The standard InChI is InChI=1S/C12H16FNO/c1-9(13)7-10-5-3-4-6-11(10)12(15)8-14-2/h3-6,9,14H,7-8H2,1-2H3. The van der Waals surface area contributed by atoms with Gasteiger partial charge in [-0.2, -0.15) is 0 Å². The average Bonchev–Trinajstić information content (AvgIpc) is 2.18. The van der Waals surface area contributed by atoms with Crippen LogP contribution in [0.15, 0.2) is 24.3 Å². The van der Waals surface area contributed by atoms with Gasteiger partial charge in [-0.3, -0.25) is 4.79 Å². The maximum absolute atomic E-state index is 12.9. The van der Waals surface area contributed by atoms with Crippen molar-refractivity contribution in [3.05, 3.63) is 35.4 Å². The van der Waals surface area contributed by atoms with Gasteiger partial charge in [-0.1, -0.05) is 24.3 Å². The summed E-state index contributed by atoms with van der Waals surface area (Å²) in [4.78, 5) is 11.7. The predicted octanol–water partition coefficient (Wildman–Crippen LogP) is 1.99. The van der Waals surface area contributed by atoms with Gasteiger partial charge in [-0.15, -0.1) is 0 Å². The van der Waals surface area contributed by atoms with Crippen molar-refractivity contribution in [2.75, 3.05) is 13.6 Å². The Balaban J connectivity index is 2.90.